The van der Waals surface area contributed by atoms with Crippen LogP contribution in [0.15, 0.2) is 5.38 Å². The van der Waals surface area contributed by atoms with Crippen molar-refractivity contribution < 1.29 is 9.90 Å². The fourth-order valence-corrected chi connectivity index (χ4v) is 3.66. The summed E-state index contributed by atoms with van der Waals surface area (Å²) in [5.41, 5.74) is 1.08. The number of thiazole rings is 1. The zero-order valence-corrected chi connectivity index (χ0v) is 9.24. The zero-order valence-electron chi connectivity index (χ0n) is 7.60. The maximum atomic E-state index is 10.5. The van der Waals surface area contributed by atoms with Gasteiger partial charge in [-0.05, 0) is 18.6 Å². The fraction of sp³-hybridized carbons (Fsp3) is 0.556. The molecule has 0 saturated carbocycles. The van der Waals surface area contributed by atoms with Gasteiger partial charge in [-0.15, -0.1) is 11.3 Å². The Kier molecular flexibility index (Phi) is 3.08. The molecule has 5 heteroatoms. The van der Waals surface area contributed by atoms with Crippen LogP contribution in [0.1, 0.15) is 28.8 Å². The predicted molar refractivity (Wildman–Crippen MR) is 57.9 cm³/mol. The van der Waals surface area contributed by atoms with E-state index in [1.165, 1.54) is 29.9 Å². The highest BCUT2D eigenvalue weighted by Crippen LogP contribution is 2.39. The first-order valence-electron chi connectivity index (χ1n) is 4.53. The summed E-state index contributed by atoms with van der Waals surface area (Å²) in [6.45, 7) is 0. The molecular weight excluding hydrogens is 218 g/mol. The second-order valence-electron chi connectivity index (χ2n) is 3.24. The third-order valence-corrected chi connectivity index (χ3v) is 4.40. The van der Waals surface area contributed by atoms with Crippen LogP contribution in [-0.2, 0) is 11.2 Å². The Morgan fingerprint density at radius 1 is 1.71 bits per heavy atom. The van der Waals surface area contributed by atoms with Gasteiger partial charge < -0.3 is 5.11 Å². The van der Waals surface area contributed by atoms with Crippen molar-refractivity contribution in [3.05, 3.63) is 16.1 Å². The molecule has 76 valence electrons. The third kappa shape index (κ3) is 2.27. The minimum absolute atomic E-state index is 0.0576. The summed E-state index contributed by atoms with van der Waals surface area (Å²) in [7, 11) is 0. The number of carboxylic acid groups (broad SMARTS) is 1. The number of nitrogens with zero attached hydrogens (tertiary/aromatic N) is 1. The van der Waals surface area contributed by atoms with Crippen molar-refractivity contribution in [2.24, 2.45) is 0 Å². The van der Waals surface area contributed by atoms with E-state index in [4.69, 9.17) is 5.11 Å². The standard InChI is InChI=1S/C9H11NO2S2/c11-9(12)4-8-10-6(5-14-8)7-2-1-3-13-7/h5,7H,1-4H2,(H,11,12). The van der Waals surface area contributed by atoms with Gasteiger partial charge in [-0.3, -0.25) is 4.79 Å². The van der Waals surface area contributed by atoms with Crippen LogP contribution in [0.4, 0.5) is 0 Å². The first kappa shape index (κ1) is 9.98. The normalized spacial score (nSPS) is 21.3. The van der Waals surface area contributed by atoms with Crippen LogP contribution in [0, 0.1) is 0 Å². The number of thioether (sulfide) groups is 1. The van der Waals surface area contributed by atoms with Gasteiger partial charge in [-0.1, -0.05) is 0 Å². The van der Waals surface area contributed by atoms with E-state index in [2.05, 4.69) is 4.98 Å². The minimum atomic E-state index is -0.801. The van der Waals surface area contributed by atoms with Crippen LogP contribution in [0.25, 0.3) is 0 Å². The lowest BCUT2D eigenvalue weighted by atomic mass is 10.2. The number of aromatic nitrogens is 1. The molecule has 1 unspecified atom stereocenters. The lowest BCUT2D eigenvalue weighted by Gasteiger charge is -2.02. The van der Waals surface area contributed by atoms with E-state index >= 15 is 0 Å². The van der Waals surface area contributed by atoms with Gasteiger partial charge in [0.1, 0.15) is 5.01 Å². The summed E-state index contributed by atoms with van der Waals surface area (Å²) in [5, 5.41) is 11.8. The summed E-state index contributed by atoms with van der Waals surface area (Å²) in [5.74, 6) is 0.404. The lowest BCUT2D eigenvalue weighted by molar-refractivity contribution is -0.136. The first-order valence-corrected chi connectivity index (χ1v) is 6.46. The molecule has 0 spiro atoms. The summed E-state index contributed by atoms with van der Waals surface area (Å²) < 4.78 is 0. The molecule has 1 aliphatic heterocycles. The van der Waals surface area contributed by atoms with Crippen LogP contribution in [0.3, 0.4) is 0 Å². The summed E-state index contributed by atoms with van der Waals surface area (Å²) in [6.07, 6.45) is 2.49. The van der Waals surface area contributed by atoms with Gasteiger partial charge in [0, 0.05) is 10.6 Å². The van der Waals surface area contributed by atoms with Gasteiger partial charge in [0.15, 0.2) is 0 Å². The number of hydrogen-bond acceptors (Lipinski definition) is 4. The van der Waals surface area contributed by atoms with Crippen molar-refractivity contribution in [1.29, 1.82) is 0 Å². The Morgan fingerprint density at radius 2 is 2.57 bits per heavy atom. The number of aliphatic carboxylic acids is 1. The number of rotatable bonds is 3. The van der Waals surface area contributed by atoms with E-state index in [-0.39, 0.29) is 6.42 Å². The molecule has 1 fully saturated rings. The van der Waals surface area contributed by atoms with E-state index < -0.39 is 5.97 Å². The molecule has 2 heterocycles. The van der Waals surface area contributed by atoms with Crippen LogP contribution in [0.2, 0.25) is 0 Å². The van der Waals surface area contributed by atoms with Gasteiger partial charge in [-0.2, -0.15) is 11.8 Å². The molecule has 2 rings (SSSR count). The van der Waals surface area contributed by atoms with Crippen LogP contribution in [-0.4, -0.2) is 21.8 Å². The molecule has 1 saturated heterocycles. The Labute approximate surface area is 90.6 Å². The molecule has 1 N–H and O–H groups in total. The molecule has 0 radical (unpaired) electrons. The molecule has 14 heavy (non-hydrogen) atoms. The first-order chi connectivity index (χ1) is 6.75. The van der Waals surface area contributed by atoms with Gasteiger partial charge in [0.2, 0.25) is 0 Å². The zero-order chi connectivity index (χ0) is 9.97. The van der Waals surface area contributed by atoms with Crippen molar-refractivity contribution in [3.63, 3.8) is 0 Å². The lowest BCUT2D eigenvalue weighted by Crippen LogP contribution is -2.00. The second kappa shape index (κ2) is 4.31. The van der Waals surface area contributed by atoms with E-state index in [1.807, 2.05) is 17.1 Å². The monoisotopic (exact) mass is 229 g/mol. The van der Waals surface area contributed by atoms with Crippen LogP contribution < -0.4 is 0 Å². The fourth-order valence-electron chi connectivity index (χ4n) is 1.49. The van der Waals surface area contributed by atoms with Crippen molar-refractivity contribution in [1.82, 2.24) is 4.98 Å². The molecule has 0 bridgehead atoms. The average molecular weight is 229 g/mol. The molecule has 0 aromatic carbocycles. The minimum Gasteiger partial charge on any atom is -0.481 e. The maximum Gasteiger partial charge on any atom is 0.310 e. The summed E-state index contributed by atoms with van der Waals surface area (Å²) >= 11 is 3.38. The van der Waals surface area contributed by atoms with Crippen molar-refractivity contribution in [2.75, 3.05) is 5.75 Å². The number of carbonyl (C=O) groups is 1. The van der Waals surface area contributed by atoms with Gasteiger partial charge in [0.25, 0.3) is 0 Å². The molecular formula is C9H11NO2S2. The van der Waals surface area contributed by atoms with E-state index in [0.717, 1.165) is 10.7 Å². The Morgan fingerprint density at radius 3 is 3.21 bits per heavy atom. The Balaban J connectivity index is 2.05. The molecule has 1 atom stereocenters. The number of hydrogen-bond donors (Lipinski definition) is 1. The SMILES string of the molecule is O=C(O)Cc1nc(C2CCCS2)cs1. The predicted octanol–water partition coefficient (Wildman–Crippen LogP) is 2.34. The molecule has 0 amide bonds. The molecule has 1 aliphatic rings. The molecule has 1 aromatic rings. The largest absolute Gasteiger partial charge is 0.481 e. The summed E-state index contributed by atoms with van der Waals surface area (Å²) in [4.78, 5) is 14.8. The van der Waals surface area contributed by atoms with Gasteiger partial charge >= 0.3 is 5.97 Å². The molecule has 3 nitrogen and oxygen atoms in total. The summed E-state index contributed by atoms with van der Waals surface area (Å²) in [6, 6.07) is 0. The van der Waals surface area contributed by atoms with E-state index in [9.17, 15) is 4.79 Å². The maximum absolute atomic E-state index is 10.5. The smallest absolute Gasteiger partial charge is 0.310 e. The van der Waals surface area contributed by atoms with Crippen molar-refractivity contribution in [3.8, 4) is 0 Å². The topological polar surface area (TPSA) is 50.2 Å². The van der Waals surface area contributed by atoms with Crippen molar-refractivity contribution in [2.45, 2.75) is 24.5 Å². The highest BCUT2D eigenvalue weighted by molar-refractivity contribution is 7.99. The van der Waals surface area contributed by atoms with Gasteiger partial charge in [-0.25, -0.2) is 4.98 Å². The molecule has 1 aromatic heterocycles. The second-order valence-corrected chi connectivity index (χ2v) is 5.49. The third-order valence-electron chi connectivity index (χ3n) is 2.13. The molecule has 0 aliphatic carbocycles. The Hall–Kier alpha value is -0.550. The van der Waals surface area contributed by atoms with E-state index in [0.29, 0.717) is 5.25 Å². The van der Waals surface area contributed by atoms with Crippen LogP contribution in [0.5, 0.6) is 0 Å². The average Bonchev–Trinajstić information content (AvgIpc) is 2.69. The van der Waals surface area contributed by atoms with Crippen LogP contribution >= 0.6 is 23.1 Å². The quantitative estimate of drug-likeness (QED) is 0.864. The highest BCUT2D eigenvalue weighted by atomic mass is 32.2. The Bertz CT molecular complexity index is 331. The van der Waals surface area contributed by atoms with E-state index in [1.54, 1.807) is 0 Å². The van der Waals surface area contributed by atoms with Crippen molar-refractivity contribution >= 4 is 29.1 Å². The van der Waals surface area contributed by atoms with Gasteiger partial charge in [0.05, 0.1) is 12.1 Å². The highest BCUT2D eigenvalue weighted by Gasteiger charge is 2.20. The number of carboxylic acids is 1.